The Morgan fingerprint density at radius 3 is 2.46 bits per heavy atom. The highest BCUT2D eigenvalue weighted by atomic mass is 19.3. The van der Waals surface area contributed by atoms with Gasteiger partial charge in [-0.3, -0.25) is 4.79 Å². The van der Waals surface area contributed by atoms with Crippen molar-refractivity contribution in [2.45, 2.75) is 39.2 Å². The number of halogens is 4. The number of carbonyl (C=O) groups excluding carboxylic acids is 1. The van der Waals surface area contributed by atoms with Crippen molar-refractivity contribution in [1.82, 2.24) is 19.7 Å². The minimum atomic E-state index is -2.98. The number of alkyl halides is 4. The first-order chi connectivity index (χ1) is 11.4. The number of fused-ring (bicyclic) bond motifs is 1. The van der Waals surface area contributed by atoms with Crippen molar-refractivity contribution in [2.24, 2.45) is 0 Å². The summed E-state index contributed by atoms with van der Waals surface area (Å²) in [5, 5.41) is 4.10. The van der Waals surface area contributed by atoms with Crippen LogP contribution in [0.15, 0.2) is 6.07 Å². The molecule has 2 aromatic heterocycles. The average Bonchev–Trinajstić information content (AvgIpc) is 3.15. The molecule has 1 fully saturated rings. The Balaban J connectivity index is 2.06. The first kappa shape index (κ1) is 16.7. The minimum Gasteiger partial charge on any atom is -0.341 e. The third-order valence-electron chi connectivity index (χ3n) is 4.13. The molecule has 3 heterocycles. The number of hydrogen-bond acceptors (Lipinski definition) is 3. The summed E-state index contributed by atoms with van der Waals surface area (Å²) >= 11 is 0. The topological polar surface area (TPSA) is 51.0 Å². The van der Waals surface area contributed by atoms with Gasteiger partial charge in [0, 0.05) is 18.7 Å². The molecule has 0 N–H and O–H groups in total. The van der Waals surface area contributed by atoms with E-state index in [-0.39, 0.29) is 29.2 Å². The van der Waals surface area contributed by atoms with Crippen molar-refractivity contribution >= 4 is 16.9 Å². The molecule has 0 saturated carbocycles. The van der Waals surface area contributed by atoms with Crippen LogP contribution in [0.2, 0.25) is 0 Å². The van der Waals surface area contributed by atoms with E-state index in [1.54, 1.807) is 4.90 Å². The van der Waals surface area contributed by atoms with Gasteiger partial charge in [-0.2, -0.15) is 5.10 Å². The Morgan fingerprint density at radius 1 is 1.21 bits per heavy atom. The lowest BCUT2D eigenvalue weighted by molar-refractivity contribution is -0.130. The van der Waals surface area contributed by atoms with Crippen LogP contribution in [0.5, 0.6) is 0 Å². The molecule has 0 unspecified atom stereocenters. The fourth-order valence-corrected chi connectivity index (χ4v) is 3.00. The Labute approximate surface area is 135 Å². The van der Waals surface area contributed by atoms with Gasteiger partial charge in [0.05, 0.1) is 11.1 Å². The van der Waals surface area contributed by atoms with Crippen LogP contribution in [-0.2, 0) is 11.3 Å². The molecule has 0 radical (unpaired) electrons. The molecule has 0 bridgehead atoms. The van der Waals surface area contributed by atoms with Gasteiger partial charge in [-0.1, -0.05) is 0 Å². The molecule has 2 aromatic rings. The SMILES string of the molecule is Cc1nn(CC(=O)N2CCCC2)c2nc(C(F)F)cc(C(F)F)c12. The number of pyridine rings is 1. The Bertz CT molecular complexity index is 768. The fourth-order valence-electron chi connectivity index (χ4n) is 3.00. The van der Waals surface area contributed by atoms with Crippen LogP contribution >= 0.6 is 0 Å². The number of aromatic nitrogens is 3. The highest BCUT2D eigenvalue weighted by molar-refractivity contribution is 5.85. The molecule has 9 heteroatoms. The molecule has 0 aromatic carbocycles. The lowest BCUT2D eigenvalue weighted by Gasteiger charge is -2.15. The maximum Gasteiger partial charge on any atom is 0.280 e. The zero-order valence-corrected chi connectivity index (χ0v) is 13.0. The molecular formula is C15H16F4N4O. The van der Waals surface area contributed by atoms with E-state index in [0.29, 0.717) is 19.2 Å². The van der Waals surface area contributed by atoms with Gasteiger partial charge >= 0.3 is 0 Å². The van der Waals surface area contributed by atoms with Crippen LogP contribution in [0.1, 0.15) is 42.6 Å². The molecule has 1 saturated heterocycles. The van der Waals surface area contributed by atoms with E-state index in [2.05, 4.69) is 10.1 Å². The fraction of sp³-hybridized carbons (Fsp3) is 0.533. The van der Waals surface area contributed by atoms with Crippen molar-refractivity contribution in [3.8, 4) is 0 Å². The summed E-state index contributed by atoms with van der Waals surface area (Å²) in [4.78, 5) is 17.7. The first-order valence-electron chi connectivity index (χ1n) is 7.60. The Kier molecular flexibility index (Phi) is 4.42. The third kappa shape index (κ3) is 2.94. The van der Waals surface area contributed by atoms with Gasteiger partial charge in [-0.25, -0.2) is 27.2 Å². The summed E-state index contributed by atoms with van der Waals surface area (Å²) in [5.41, 5.74) is -1.14. The van der Waals surface area contributed by atoms with Crippen molar-refractivity contribution in [1.29, 1.82) is 0 Å². The lowest BCUT2D eigenvalue weighted by atomic mass is 10.1. The largest absolute Gasteiger partial charge is 0.341 e. The number of hydrogen-bond donors (Lipinski definition) is 0. The standard InChI is InChI=1S/C15H16F4N4O/c1-8-12-9(13(16)17)6-10(14(18)19)20-15(12)23(21-8)7-11(24)22-4-2-3-5-22/h6,13-14H,2-5,7H2,1H3. The first-order valence-corrected chi connectivity index (χ1v) is 7.60. The van der Waals surface area contributed by atoms with Crippen LogP contribution in [0, 0.1) is 6.92 Å². The van der Waals surface area contributed by atoms with E-state index >= 15 is 0 Å². The van der Waals surface area contributed by atoms with Crippen LogP contribution in [0.25, 0.3) is 11.0 Å². The summed E-state index contributed by atoms with van der Waals surface area (Å²) in [5.74, 6) is -0.222. The van der Waals surface area contributed by atoms with Gasteiger partial charge in [0.1, 0.15) is 12.2 Å². The molecule has 1 aliphatic rings. The Hall–Kier alpha value is -2.19. The zero-order valence-electron chi connectivity index (χ0n) is 13.0. The van der Waals surface area contributed by atoms with E-state index in [1.807, 2.05) is 0 Å². The van der Waals surface area contributed by atoms with Crippen molar-refractivity contribution < 1.29 is 22.4 Å². The van der Waals surface area contributed by atoms with Crippen LogP contribution in [-0.4, -0.2) is 38.7 Å². The number of nitrogens with zero attached hydrogens (tertiary/aromatic N) is 4. The molecule has 0 atom stereocenters. The quantitative estimate of drug-likeness (QED) is 0.800. The van der Waals surface area contributed by atoms with Crippen LogP contribution in [0.3, 0.4) is 0 Å². The maximum atomic E-state index is 13.3. The van der Waals surface area contributed by atoms with Crippen LogP contribution < -0.4 is 0 Å². The summed E-state index contributed by atoms with van der Waals surface area (Å²) < 4.78 is 53.6. The second-order valence-corrected chi connectivity index (χ2v) is 5.77. The van der Waals surface area contributed by atoms with Gasteiger partial charge in [0.15, 0.2) is 5.65 Å². The maximum absolute atomic E-state index is 13.3. The predicted octanol–water partition coefficient (Wildman–Crippen LogP) is 3.24. The number of rotatable bonds is 4. The second-order valence-electron chi connectivity index (χ2n) is 5.77. The van der Waals surface area contributed by atoms with Gasteiger partial charge in [-0.15, -0.1) is 0 Å². The van der Waals surface area contributed by atoms with Crippen molar-refractivity contribution in [2.75, 3.05) is 13.1 Å². The van der Waals surface area contributed by atoms with Gasteiger partial charge in [-0.05, 0) is 25.8 Å². The molecule has 3 rings (SSSR count). The zero-order chi connectivity index (χ0) is 17.4. The van der Waals surface area contributed by atoms with E-state index in [1.165, 1.54) is 6.92 Å². The minimum absolute atomic E-state index is 0.0311. The summed E-state index contributed by atoms with van der Waals surface area (Å²) in [6.07, 6.45) is -4.09. The van der Waals surface area contributed by atoms with E-state index in [9.17, 15) is 22.4 Å². The van der Waals surface area contributed by atoms with Crippen LogP contribution in [0.4, 0.5) is 17.6 Å². The summed E-state index contributed by atoms with van der Waals surface area (Å²) in [7, 11) is 0. The number of carbonyl (C=O) groups is 1. The molecule has 0 aliphatic carbocycles. The highest BCUT2D eigenvalue weighted by Crippen LogP contribution is 2.32. The van der Waals surface area contributed by atoms with Gasteiger partial charge in [0.2, 0.25) is 5.91 Å². The summed E-state index contributed by atoms with van der Waals surface area (Å²) in [6, 6.07) is 0.707. The number of likely N-dealkylation sites (tertiary alicyclic amines) is 1. The lowest BCUT2D eigenvalue weighted by Crippen LogP contribution is -2.31. The Morgan fingerprint density at radius 2 is 1.88 bits per heavy atom. The molecule has 24 heavy (non-hydrogen) atoms. The molecule has 0 spiro atoms. The third-order valence-corrected chi connectivity index (χ3v) is 4.13. The normalized spacial score (nSPS) is 15.2. The molecule has 5 nitrogen and oxygen atoms in total. The monoisotopic (exact) mass is 344 g/mol. The van der Waals surface area contributed by atoms with E-state index < -0.39 is 24.1 Å². The number of amides is 1. The van der Waals surface area contributed by atoms with Crippen molar-refractivity contribution in [3.63, 3.8) is 0 Å². The summed E-state index contributed by atoms with van der Waals surface area (Å²) in [6.45, 7) is 2.56. The average molecular weight is 344 g/mol. The predicted molar refractivity (Wildman–Crippen MR) is 78.0 cm³/mol. The van der Waals surface area contributed by atoms with E-state index in [4.69, 9.17) is 0 Å². The second kappa shape index (κ2) is 6.37. The van der Waals surface area contributed by atoms with E-state index in [0.717, 1.165) is 17.5 Å². The highest BCUT2D eigenvalue weighted by Gasteiger charge is 2.25. The molecular weight excluding hydrogens is 328 g/mol. The van der Waals surface area contributed by atoms with Crippen molar-refractivity contribution in [3.05, 3.63) is 23.0 Å². The number of aryl methyl sites for hydroxylation is 1. The molecule has 130 valence electrons. The molecule has 1 amide bonds. The molecule has 1 aliphatic heterocycles. The van der Waals surface area contributed by atoms with Gasteiger partial charge in [0.25, 0.3) is 12.9 Å². The van der Waals surface area contributed by atoms with Gasteiger partial charge < -0.3 is 4.90 Å². The smallest absolute Gasteiger partial charge is 0.280 e.